The topological polar surface area (TPSA) is 46.9 Å². The lowest BCUT2D eigenvalue weighted by Crippen LogP contribution is -2.16. The van der Waals surface area contributed by atoms with Gasteiger partial charge in [-0.3, -0.25) is 9.48 Å². The maximum atomic E-state index is 12.2. The number of rotatable bonds is 2. The maximum Gasteiger partial charge on any atom is 0.257 e. The molecule has 0 aliphatic rings. The molecule has 1 amide bonds. The first-order valence-electron chi connectivity index (χ1n) is 5.56. The van der Waals surface area contributed by atoms with Crippen LogP contribution in [0.3, 0.4) is 0 Å². The molecule has 1 N–H and O–H groups in total. The van der Waals surface area contributed by atoms with Crippen molar-refractivity contribution in [3.05, 3.63) is 44.7 Å². The molecule has 0 spiro atoms. The molecule has 0 aliphatic carbocycles. The highest BCUT2D eigenvalue weighted by Gasteiger charge is 2.13. The zero-order chi connectivity index (χ0) is 13.3. The van der Waals surface area contributed by atoms with Gasteiger partial charge in [0, 0.05) is 16.7 Å². The number of hydrogen-bond donors (Lipinski definition) is 1. The number of amides is 1. The zero-order valence-corrected chi connectivity index (χ0v) is 12.6. The molecule has 0 saturated heterocycles. The molecule has 4 nitrogen and oxygen atoms in total. The van der Waals surface area contributed by atoms with Gasteiger partial charge in [-0.25, -0.2) is 0 Å². The summed E-state index contributed by atoms with van der Waals surface area (Å²) in [6.07, 6.45) is 0. The van der Waals surface area contributed by atoms with Crippen LogP contribution in [0.5, 0.6) is 0 Å². The first-order chi connectivity index (χ1) is 8.49. The van der Waals surface area contributed by atoms with Crippen molar-refractivity contribution >= 4 is 34.3 Å². The van der Waals surface area contributed by atoms with E-state index in [0.717, 1.165) is 14.8 Å². The second-order valence-corrected chi connectivity index (χ2v) is 5.26. The molecule has 18 heavy (non-hydrogen) atoms. The standard InChI is InChI=1S/C13H14IN3O/c1-8-5-4-6-10(12(8)14)13(18)15-11-7-9(2)16-17(11)3/h4-7H,1-3H3,(H,15,18). The van der Waals surface area contributed by atoms with Crippen molar-refractivity contribution in [3.63, 3.8) is 0 Å². The molecule has 0 saturated carbocycles. The van der Waals surface area contributed by atoms with Crippen molar-refractivity contribution in [2.75, 3.05) is 5.32 Å². The Hall–Kier alpha value is -1.37. The summed E-state index contributed by atoms with van der Waals surface area (Å²) in [5, 5.41) is 7.07. The fraction of sp³-hybridized carbons (Fsp3) is 0.231. The van der Waals surface area contributed by atoms with Gasteiger partial charge in [0.15, 0.2) is 0 Å². The molecule has 2 rings (SSSR count). The van der Waals surface area contributed by atoms with E-state index in [1.807, 2.05) is 45.2 Å². The Balaban J connectivity index is 2.27. The number of halogens is 1. The van der Waals surface area contributed by atoms with Gasteiger partial charge in [-0.1, -0.05) is 12.1 Å². The Morgan fingerprint density at radius 1 is 1.39 bits per heavy atom. The van der Waals surface area contributed by atoms with E-state index in [1.54, 1.807) is 4.68 Å². The second kappa shape index (κ2) is 5.09. The molecule has 94 valence electrons. The molecular weight excluding hydrogens is 341 g/mol. The highest BCUT2D eigenvalue weighted by molar-refractivity contribution is 14.1. The van der Waals surface area contributed by atoms with E-state index in [4.69, 9.17) is 0 Å². The molecule has 1 aromatic carbocycles. The van der Waals surface area contributed by atoms with Crippen molar-refractivity contribution in [1.82, 2.24) is 9.78 Å². The minimum Gasteiger partial charge on any atom is -0.307 e. The molecule has 0 radical (unpaired) electrons. The first-order valence-corrected chi connectivity index (χ1v) is 6.64. The van der Waals surface area contributed by atoms with Gasteiger partial charge in [-0.15, -0.1) is 0 Å². The Morgan fingerprint density at radius 2 is 2.11 bits per heavy atom. The van der Waals surface area contributed by atoms with Gasteiger partial charge >= 0.3 is 0 Å². The van der Waals surface area contributed by atoms with Crippen LogP contribution in [-0.2, 0) is 7.05 Å². The summed E-state index contributed by atoms with van der Waals surface area (Å²) in [6.45, 7) is 3.89. The molecular formula is C13H14IN3O. The number of nitrogens with one attached hydrogen (secondary N) is 1. The van der Waals surface area contributed by atoms with Crippen LogP contribution in [-0.4, -0.2) is 15.7 Å². The van der Waals surface area contributed by atoms with E-state index in [1.165, 1.54) is 0 Å². The normalized spacial score (nSPS) is 10.4. The minimum absolute atomic E-state index is 0.105. The third-order valence-electron chi connectivity index (χ3n) is 2.68. The van der Waals surface area contributed by atoms with E-state index in [2.05, 4.69) is 33.0 Å². The van der Waals surface area contributed by atoms with E-state index in [0.29, 0.717) is 11.4 Å². The smallest absolute Gasteiger partial charge is 0.257 e. The highest BCUT2D eigenvalue weighted by atomic mass is 127. The van der Waals surface area contributed by atoms with Crippen LogP contribution in [0.1, 0.15) is 21.6 Å². The summed E-state index contributed by atoms with van der Waals surface area (Å²) in [4.78, 5) is 12.2. The highest BCUT2D eigenvalue weighted by Crippen LogP contribution is 2.18. The van der Waals surface area contributed by atoms with E-state index in [9.17, 15) is 4.79 Å². The number of aromatic nitrogens is 2. The molecule has 1 heterocycles. The van der Waals surface area contributed by atoms with Crippen molar-refractivity contribution in [1.29, 1.82) is 0 Å². The molecule has 0 unspecified atom stereocenters. The molecule has 0 aliphatic heterocycles. The third kappa shape index (κ3) is 2.55. The Bertz CT molecular complexity index is 604. The predicted molar refractivity (Wildman–Crippen MR) is 79.8 cm³/mol. The van der Waals surface area contributed by atoms with Crippen LogP contribution in [0.25, 0.3) is 0 Å². The van der Waals surface area contributed by atoms with Gasteiger partial charge in [0.05, 0.1) is 11.3 Å². The largest absolute Gasteiger partial charge is 0.307 e. The van der Waals surface area contributed by atoms with Crippen LogP contribution in [0.2, 0.25) is 0 Å². The number of carbonyl (C=O) groups is 1. The SMILES string of the molecule is Cc1cc(NC(=O)c2cccc(C)c2I)n(C)n1. The van der Waals surface area contributed by atoms with Crippen molar-refractivity contribution in [3.8, 4) is 0 Å². The zero-order valence-electron chi connectivity index (χ0n) is 10.5. The van der Waals surface area contributed by atoms with E-state index >= 15 is 0 Å². The monoisotopic (exact) mass is 355 g/mol. The molecule has 0 bridgehead atoms. The van der Waals surface area contributed by atoms with E-state index in [-0.39, 0.29) is 5.91 Å². The molecule has 5 heteroatoms. The van der Waals surface area contributed by atoms with Gasteiger partial charge in [-0.05, 0) is 48.1 Å². The average Bonchev–Trinajstić information content (AvgIpc) is 2.61. The lowest BCUT2D eigenvalue weighted by atomic mass is 10.1. The summed E-state index contributed by atoms with van der Waals surface area (Å²) in [7, 11) is 1.81. The number of hydrogen-bond acceptors (Lipinski definition) is 2. The fourth-order valence-electron chi connectivity index (χ4n) is 1.73. The Morgan fingerprint density at radius 3 is 2.72 bits per heavy atom. The lowest BCUT2D eigenvalue weighted by molar-refractivity contribution is 0.102. The number of benzene rings is 1. The Kier molecular flexibility index (Phi) is 3.70. The van der Waals surface area contributed by atoms with Crippen molar-refractivity contribution in [2.45, 2.75) is 13.8 Å². The average molecular weight is 355 g/mol. The lowest BCUT2D eigenvalue weighted by Gasteiger charge is -2.08. The summed E-state index contributed by atoms with van der Waals surface area (Å²) in [5.74, 6) is 0.598. The summed E-state index contributed by atoms with van der Waals surface area (Å²) >= 11 is 2.19. The van der Waals surface area contributed by atoms with Crippen LogP contribution in [0.15, 0.2) is 24.3 Å². The summed E-state index contributed by atoms with van der Waals surface area (Å²) in [6, 6.07) is 7.56. The maximum absolute atomic E-state index is 12.2. The van der Waals surface area contributed by atoms with Crippen molar-refractivity contribution in [2.24, 2.45) is 7.05 Å². The number of nitrogens with zero attached hydrogens (tertiary/aromatic N) is 2. The second-order valence-electron chi connectivity index (χ2n) is 4.19. The van der Waals surface area contributed by atoms with Gasteiger partial charge in [0.25, 0.3) is 5.91 Å². The van der Waals surface area contributed by atoms with Crippen LogP contribution in [0.4, 0.5) is 5.82 Å². The Labute approximate surface area is 120 Å². The molecule has 0 fully saturated rings. The summed E-state index contributed by atoms with van der Waals surface area (Å²) < 4.78 is 2.64. The van der Waals surface area contributed by atoms with Gasteiger partial charge < -0.3 is 5.32 Å². The molecule has 1 aromatic heterocycles. The first kappa shape index (κ1) is 13.1. The number of carbonyl (C=O) groups excluding carboxylic acids is 1. The van der Waals surface area contributed by atoms with Gasteiger partial charge in [-0.2, -0.15) is 5.10 Å². The van der Waals surface area contributed by atoms with Crippen molar-refractivity contribution < 1.29 is 4.79 Å². The summed E-state index contributed by atoms with van der Waals surface area (Å²) in [5.41, 5.74) is 2.67. The third-order valence-corrected chi connectivity index (χ3v) is 4.11. The van der Waals surface area contributed by atoms with Crippen LogP contribution in [0, 0.1) is 17.4 Å². The van der Waals surface area contributed by atoms with Gasteiger partial charge in [0.1, 0.15) is 5.82 Å². The molecule has 0 atom stereocenters. The fourth-order valence-corrected chi connectivity index (χ4v) is 2.34. The number of anilines is 1. The van der Waals surface area contributed by atoms with E-state index < -0.39 is 0 Å². The van der Waals surface area contributed by atoms with Crippen LogP contribution >= 0.6 is 22.6 Å². The minimum atomic E-state index is -0.105. The quantitative estimate of drug-likeness (QED) is 0.843. The molecule has 2 aromatic rings. The predicted octanol–water partition coefficient (Wildman–Crippen LogP) is 2.89. The number of aryl methyl sites for hydroxylation is 3. The van der Waals surface area contributed by atoms with Gasteiger partial charge in [0.2, 0.25) is 0 Å². The van der Waals surface area contributed by atoms with Crippen LogP contribution < -0.4 is 5.32 Å².